The lowest BCUT2D eigenvalue weighted by atomic mass is 10.0. The zero-order valence-electron chi connectivity index (χ0n) is 10.5. The molecular weight excluding hydrogens is 204 g/mol. The van der Waals surface area contributed by atoms with Crippen LogP contribution < -0.4 is 10.6 Å². The number of hydrogen-bond donors (Lipinski definition) is 2. The summed E-state index contributed by atoms with van der Waals surface area (Å²) in [5, 5.41) is 5.67. The minimum Gasteiger partial charge on any atom is -0.352 e. The third kappa shape index (κ3) is 3.83. The smallest absolute Gasteiger partial charge is 0.243 e. The van der Waals surface area contributed by atoms with Gasteiger partial charge in [0.05, 0.1) is 0 Å². The van der Waals surface area contributed by atoms with Crippen LogP contribution in [0.3, 0.4) is 0 Å². The van der Waals surface area contributed by atoms with Gasteiger partial charge >= 0.3 is 0 Å². The highest BCUT2D eigenvalue weighted by atomic mass is 16.2. The molecule has 0 bridgehead atoms. The van der Waals surface area contributed by atoms with Gasteiger partial charge in [0.25, 0.3) is 0 Å². The van der Waals surface area contributed by atoms with Gasteiger partial charge < -0.3 is 10.6 Å². The molecule has 0 heterocycles. The van der Waals surface area contributed by atoms with Gasteiger partial charge in [0.1, 0.15) is 6.04 Å². The predicted molar refractivity (Wildman–Crippen MR) is 62.8 cm³/mol. The molecule has 4 heteroatoms. The molecule has 0 radical (unpaired) electrons. The Hall–Kier alpha value is -1.06. The Morgan fingerprint density at radius 1 is 1.12 bits per heavy atom. The van der Waals surface area contributed by atoms with Crippen LogP contribution in [0.1, 0.15) is 40.5 Å². The van der Waals surface area contributed by atoms with Crippen LogP contribution in [-0.4, -0.2) is 23.9 Å². The van der Waals surface area contributed by atoms with Gasteiger partial charge in [-0.05, 0) is 31.6 Å². The molecule has 0 saturated heterocycles. The van der Waals surface area contributed by atoms with Gasteiger partial charge in [-0.2, -0.15) is 0 Å². The van der Waals surface area contributed by atoms with Gasteiger partial charge in [-0.1, -0.05) is 13.8 Å². The lowest BCUT2D eigenvalue weighted by Crippen LogP contribution is -2.51. The molecule has 2 N–H and O–H groups in total. The van der Waals surface area contributed by atoms with E-state index in [1.165, 1.54) is 19.8 Å². The van der Waals surface area contributed by atoms with Crippen LogP contribution in [0, 0.1) is 11.8 Å². The number of nitrogens with one attached hydrogen (secondary N) is 2. The van der Waals surface area contributed by atoms with E-state index in [4.69, 9.17) is 0 Å². The van der Waals surface area contributed by atoms with Crippen LogP contribution in [0.15, 0.2) is 0 Å². The largest absolute Gasteiger partial charge is 0.352 e. The van der Waals surface area contributed by atoms with Crippen LogP contribution in [0.5, 0.6) is 0 Å². The second-order valence-electron chi connectivity index (χ2n) is 5.06. The summed E-state index contributed by atoms with van der Waals surface area (Å²) < 4.78 is 0. The zero-order chi connectivity index (χ0) is 12.3. The fourth-order valence-corrected chi connectivity index (χ4v) is 1.78. The second kappa shape index (κ2) is 5.32. The molecule has 2 atom stereocenters. The first kappa shape index (κ1) is 13.0. The summed E-state index contributed by atoms with van der Waals surface area (Å²) in [6.07, 6.45) is 2.40. The molecule has 2 amide bonds. The third-order valence-corrected chi connectivity index (χ3v) is 3.01. The molecule has 2 unspecified atom stereocenters. The van der Waals surface area contributed by atoms with Gasteiger partial charge in [0.15, 0.2) is 0 Å². The molecule has 92 valence electrons. The van der Waals surface area contributed by atoms with E-state index in [1.54, 1.807) is 0 Å². The van der Waals surface area contributed by atoms with E-state index in [0.717, 1.165) is 0 Å². The van der Waals surface area contributed by atoms with Gasteiger partial charge in [0, 0.05) is 13.0 Å². The Kier molecular flexibility index (Phi) is 4.33. The standard InChI is InChI=1S/C12H22N2O2/c1-7(2)11(14-9(4)15)12(16)13-8(3)10-5-6-10/h7-8,10-11H,5-6H2,1-4H3,(H,13,16)(H,14,15). The number of hydrogen-bond acceptors (Lipinski definition) is 2. The third-order valence-electron chi connectivity index (χ3n) is 3.01. The number of rotatable bonds is 5. The van der Waals surface area contributed by atoms with Crippen LogP contribution in [-0.2, 0) is 9.59 Å². The highest BCUT2D eigenvalue weighted by molar-refractivity contribution is 5.87. The highest BCUT2D eigenvalue weighted by Gasteiger charge is 2.31. The van der Waals surface area contributed by atoms with Crippen LogP contribution in [0.4, 0.5) is 0 Å². The van der Waals surface area contributed by atoms with Crippen LogP contribution in [0.2, 0.25) is 0 Å². The van der Waals surface area contributed by atoms with E-state index in [-0.39, 0.29) is 23.8 Å². The molecule has 1 rings (SSSR count). The quantitative estimate of drug-likeness (QED) is 0.736. The number of carbonyl (C=O) groups is 2. The Labute approximate surface area is 97.2 Å². The van der Waals surface area contributed by atoms with E-state index in [1.807, 2.05) is 20.8 Å². The van der Waals surface area contributed by atoms with Crippen molar-refractivity contribution in [3.8, 4) is 0 Å². The molecule has 1 aliphatic rings. The molecule has 4 nitrogen and oxygen atoms in total. The van der Waals surface area contributed by atoms with Gasteiger partial charge in [0.2, 0.25) is 11.8 Å². The number of amides is 2. The van der Waals surface area contributed by atoms with Crippen molar-refractivity contribution < 1.29 is 9.59 Å². The zero-order valence-corrected chi connectivity index (χ0v) is 10.5. The van der Waals surface area contributed by atoms with Gasteiger partial charge in [-0.15, -0.1) is 0 Å². The summed E-state index contributed by atoms with van der Waals surface area (Å²) in [6, 6.07) is -0.193. The fourth-order valence-electron chi connectivity index (χ4n) is 1.78. The molecule has 0 spiro atoms. The van der Waals surface area contributed by atoms with Crippen molar-refractivity contribution in [2.45, 2.75) is 52.6 Å². The summed E-state index contributed by atoms with van der Waals surface area (Å²) >= 11 is 0. The first-order chi connectivity index (χ1) is 7.41. The van der Waals surface area contributed by atoms with Gasteiger partial charge in [-0.3, -0.25) is 9.59 Å². The Bertz CT molecular complexity index is 272. The summed E-state index contributed by atoms with van der Waals surface area (Å²) in [5.74, 6) is 0.516. The topological polar surface area (TPSA) is 58.2 Å². The first-order valence-electron chi connectivity index (χ1n) is 5.99. The van der Waals surface area contributed by atoms with Crippen molar-refractivity contribution in [3.05, 3.63) is 0 Å². The summed E-state index contributed by atoms with van der Waals surface area (Å²) in [4.78, 5) is 22.9. The minimum absolute atomic E-state index is 0.0652. The van der Waals surface area contributed by atoms with Crippen LogP contribution >= 0.6 is 0 Å². The monoisotopic (exact) mass is 226 g/mol. The summed E-state index contributed by atoms with van der Waals surface area (Å²) in [5.41, 5.74) is 0. The normalized spacial score (nSPS) is 19.1. The molecule has 0 aliphatic heterocycles. The molecular formula is C12H22N2O2. The van der Waals surface area contributed by atoms with E-state index >= 15 is 0 Å². The van der Waals surface area contributed by atoms with Crippen molar-refractivity contribution >= 4 is 11.8 Å². The van der Waals surface area contributed by atoms with Gasteiger partial charge in [-0.25, -0.2) is 0 Å². The fraction of sp³-hybridized carbons (Fsp3) is 0.833. The molecule has 0 aromatic rings. The SMILES string of the molecule is CC(=O)NC(C(=O)NC(C)C1CC1)C(C)C. The van der Waals surface area contributed by atoms with E-state index < -0.39 is 6.04 Å². The molecule has 1 saturated carbocycles. The van der Waals surface area contributed by atoms with E-state index in [2.05, 4.69) is 10.6 Å². The molecule has 0 aromatic carbocycles. The Balaban J connectivity index is 2.48. The summed E-state index contributed by atoms with van der Waals surface area (Å²) in [6.45, 7) is 7.33. The van der Waals surface area contributed by atoms with E-state index in [0.29, 0.717) is 5.92 Å². The average Bonchev–Trinajstić information content (AvgIpc) is 2.95. The first-order valence-corrected chi connectivity index (χ1v) is 5.99. The Morgan fingerprint density at radius 3 is 2.06 bits per heavy atom. The lowest BCUT2D eigenvalue weighted by molar-refractivity contribution is -0.129. The van der Waals surface area contributed by atoms with Crippen molar-refractivity contribution in [2.75, 3.05) is 0 Å². The van der Waals surface area contributed by atoms with E-state index in [9.17, 15) is 9.59 Å². The highest BCUT2D eigenvalue weighted by Crippen LogP contribution is 2.32. The van der Waals surface area contributed by atoms with Crippen molar-refractivity contribution in [3.63, 3.8) is 0 Å². The molecule has 1 aliphatic carbocycles. The summed E-state index contributed by atoms with van der Waals surface area (Å²) in [7, 11) is 0. The molecule has 0 aromatic heterocycles. The predicted octanol–water partition coefficient (Wildman–Crippen LogP) is 1.06. The maximum Gasteiger partial charge on any atom is 0.243 e. The Morgan fingerprint density at radius 2 is 1.69 bits per heavy atom. The van der Waals surface area contributed by atoms with Crippen molar-refractivity contribution in [1.82, 2.24) is 10.6 Å². The van der Waals surface area contributed by atoms with Crippen molar-refractivity contribution in [1.29, 1.82) is 0 Å². The number of carbonyl (C=O) groups excluding carboxylic acids is 2. The molecule has 16 heavy (non-hydrogen) atoms. The minimum atomic E-state index is -0.418. The maximum atomic E-state index is 11.9. The molecule has 1 fully saturated rings. The van der Waals surface area contributed by atoms with Crippen molar-refractivity contribution in [2.24, 2.45) is 11.8 Å². The maximum absolute atomic E-state index is 11.9. The lowest BCUT2D eigenvalue weighted by Gasteiger charge is -2.23. The van der Waals surface area contributed by atoms with Crippen LogP contribution in [0.25, 0.3) is 0 Å². The second-order valence-corrected chi connectivity index (χ2v) is 5.06. The average molecular weight is 226 g/mol.